The maximum absolute atomic E-state index is 12.9. The van der Waals surface area contributed by atoms with Crippen molar-refractivity contribution in [3.8, 4) is 0 Å². The van der Waals surface area contributed by atoms with Crippen LogP contribution in [-0.4, -0.2) is 21.9 Å². The number of hydrogen-bond acceptors (Lipinski definition) is 7. The van der Waals surface area contributed by atoms with E-state index in [1.807, 2.05) is 6.07 Å². The number of carbonyl (C=O) groups excluding carboxylic acids is 1. The van der Waals surface area contributed by atoms with E-state index >= 15 is 0 Å². The number of amides is 1. The van der Waals surface area contributed by atoms with Gasteiger partial charge in [0.1, 0.15) is 5.76 Å². The largest absolute Gasteiger partial charge is 0.467 e. The van der Waals surface area contributed by atoms with Crippen LogP contribution >= 0.6 is 23.1 Å². The summed E-state index contributed by atoms with van der Waals surface area (Å²) in [6, 6.07) is 8.42. The molecule has 3 rings (SSSR count). The molecule has 0 bridgehead atoms. The van der Waals surface area contributed by atoms with Crippen molar-refractivity contribution in [3.63, 3.8) is 0 Å². The first kappa shape index (κ1) is 19.2. The number of rotatable bonds is 7. The Bertz CT molecular complexity index is 897. The van der Waals surface area contributed by atoms with Crippen LogP contribution in [0.2, 0.25) is 0 Å². The van der Waals surface area contributed by atoms with Gasteiger partial charge in [-0.3, -0.25) is 4.79 Å². The number of halogens is 3. The van der Waals surface area contributed by atoms with E-state index in [2.05, 4.69) is 20.8 Å². The molecule has 0 saturated heterocycles. The predicted octanol–water partition coefficient (Wildman–Crippen LogP) is 4.49. The summed E-state index contributed by atoms with van der Waals surface area (Å²) < 4.78 is 44.5. The second-order valence-corrected chi connectivity index (χ2v) is 7.39. The molecule has 0 aliphatic heterocycles. The first-order valence-electron chi connectivity index (χ1n) is 7.60. The van der Waals surface area contributed by atoms with E-state index in [1.165, 1.54) is 29.5 Å². The van der Waals surface area contributed by atoms with E-state index in [4.69, 9.17) is 4.42 Å². The van der Waals surface area contributed by atoms with Gasteiger partial charge in [-0.25, -0.2) is 0 Å². The summed E-state index contributed by atoms with van der Waals surface area (Å²) in [4.78, 5) is 12.0. The summed E-state index contributed by atoms with van der Waals surface area (Å²) in [5, 5.41) is 13.7. The lowest BCUT2D eigenvalue weighted by Gasteiger charge is -2.13. The van der Waals surface area contributed by atoms with Gasteiger partial charge >= 0.3 is 6.18 Å². The molecular weight excluding hydrogens is 401 g/mol. The molecule has 2 aromatic heterocycles. The molecule has 0 aliphatic rings. The molecule has 0 unspecified atom stereocenters. The summed E-state index contributed by atoms with van der Waals surface area (Å²) >= 11 is 2.33. The van der Waals surface area contributed by atoms with Gasteiger partial charge in [-0.15, -0.1) is 10.2 Å². The zero-order chi connectivity index (χ0) is 19.3. The van der Waals surface area contributed by atoms with Crippen LogP contribution in [0.15, 0.2) is 51.4 Å². The molecule has 2 heterocycles. The number of carbonyl (C=O) groups is 1. The van der Waals surface area contributed by atoms with Crippen LogP contribution in [0.1, 0.15) is 11.3 Å². The summed E-state index contributed by atoms with van der Waals surface area (Å²) in [7, 11) is 0. The fourth-order valence-electron chi connectivity index (χ4n) is 2.07. The zero-order valence-corrected chi connectivity index (χ0v) is 15.2. The van der Waals surface area contributed by atoms with Gasteiger partial charge in [0, 0.05) is 0 Å². The third-order valence-electron chi connectivity index (χ3n) is 3.23. The molecule has 11 heteroatoms. The van der Waals surface area contributed by atoms with Crippen LogP contribution in [0.5, 0.6) is 0 Å². The fraction of sp³-hybridized carbons (Fsp3) is 0.188. The Balaban J connectivity index is 1.51. The Kier molecular flexibility index (Phi) is 6.01. The average Bonchev–Trinajstić information content (AvgIpc) is 3.29. The first-order valence-corrected chi connectivity index (χ1v) is 9.40. The van der Waals surface area contributed by atoms with E-state index in [0.717, 1.165) is 23.6 Å². The molecule has 0 atom stereocenters. The average molecular weight is 414 g/mol. The highest BCUT2D eigenvalue weighted by atomic mass is 32.2. The number of nitrogens with zero attached hydrogens (tertiary/aromatic N) is 2. The van der Waals surface area contributed by atoms with Gasteiger partial charge in [0.2, 0.25) is 11.0 Å². The van der Waals surface area contributed by atoms with E-state index in [9.17, 15) is 18.0 Å². The number of nitrogens with one attached hydrogen (secondary N) is 2. The molecule has 2 N–H and O–H groups in total. The van der Waals surface area contributed by atoms with Crippen molar-refractivity contribution >= 4 is 39.8 Å². The normalized spacial score (nSPS) is 11.4. The predicted molar refractivity (Wildman–Crippen MR) is 96.7 cm³/mol. The molecule has 3 aromatic rings. The second kappa shape index (κ2) is 8.44. The van der Waals surface area contributed by atoms with Gasteiger partial charge in [0.05, 0.1) is 29.8 Å². The molecule has 0 spiro atoms. The van der Waals surface area contributed by atoms with Gasteiger partial charge in [-0.1, -0.05) is 35.2 Å². The quantitative estimate of drug-likeness (QED) is 0.555. The maximum atomic E-state index is 12.9. The first-order chi connectivity index (χ1) is 12.9. The van der Waals surface area contributed by atoms with Crippen LogP contribution < -0.4 is 10.6 Å². The highest BCUT2D eigenvalue weighted by molar-refractivity contribution is 8.01. The highest BCUT2D eigenvalue weighted by Crippen LogP contribution is 2.34. The fourth-order valence-corrected chi connectivity index (χ4v) is 3.62. The number of furan rings is 1. The Labute approximate surface area is 160 Å². The smallest absolute Gasteiger partial charge is 0.418 e. The number of alkyl halides is 3. The third kappa shape index (κ3) is 5.47. The molecule has 0 radical (unpaired) electrons. The Hall–Kier alpha value is -2.53. The Morgan fingerprint density at radius 2 is 2.00 bits per heavy atom. The number of para-hydroxylation sites is 1. The molecule has 6 nitrogen and oxygen atoms in total. The molecule has 0 saturated carbocycles. The number of hydrogen-bond donors (Lipinski definition) is 2. The maximum Gasteiger partial charge on any atom is 0.418 e. The van der Waals surface area contributed by atoms with Gasteiger partial charge in [0.25, 0.3) is 0 Å². The third-order valence-corrected chi connectivity index (χ3v) is 5.25. The summed E-state index contributed by atoms with van der Waals surface area (Å²) in [6.07, 6.45) is -2.97. The topological polar surface area (TPSA) is 80.1 Å². The lowest BCUT2D eigenvalue weighted by atomic mass is 10.1. The molecule has 27 heavy (non-hydrogen) atoms. The second-order valence-electron chi connectivity index (χ2n) is 5.19. The zero-order valence-electron chi connectivity index (χ0n) is 13.6. The number of thioether (sulfide) groups is 1. The van der Waals surface area contributed by atoms with Gasteiger partial charge in [-0.05, 0) is 24.3 Å². The van der Waals surface area contributed by atoms with Crippen LogP contribution in [-0.2, 0) is 17.5 Å². The molecule has 142 valence electrons. The standard InChI is InChI=1S/C16H13F3N4O2S2/c17-16(18,19)11-5-1-2-6-12(11)21-13(24)9-26-15-23-22-14(27-15)20-8-10-4-3-7-25-10/h1-7H,8-9H2,(H,20,22)(H,21,24). The SMILES string of the molecule is O=C(CSc1nnc(NCc2ccco2)s1)Nc1ccccc1C(F)(F)F. The lowest BCUT2D eigenvalue weighted by molar-refractivity contribution is -0.137. The molecule has 0 fully saturated rings. The molecule has 1 amide bonds. The minimum absolute atomic E-state index is 0.0843. The monoisotopic (exact) mass is 414 g/mol. The summed E-state index contributed by atoms with van der Waals surface area (Å²) in [5.74, 6) is 0.0954. The van der Waals surface area contributed by atoms with Gasteiger partial charge in [-0.2, -0.15) is 13.2 Å². The summed E-state index contributed by atoms with van der Waals surface area (Å²) in [6.45, 7) is 0.445. The van der Waals surface area contributed by atoms with Crippen molar-refractivity contribution in [1.29, 1.82) is 0 Å². The van der Waals surface area contributed by atoms with Gasteiger partial charge in [0.15, 0.2) is 4.34 Å². The van der Waals surface area contributed by atoms with E-state index in [0.29, 0.717) is 16.0 Å². The van der Waals surface area contributed by atoms with E-state index in [1.54, 1.807) is 12.3 Å². The number of benzene rings is 1. The van der Waals surface area contributed by atoms with Crippen molar-refractivity contribution in [2.75, 3.05) is 16.4 Å². The van der Waals surface area contributed by atoms with Crippen molar-refractivity contribution in [2.45, 2.75) is 17.1 Å². The lowest BCUT2D eigenvalue weighted by Crippen LogP contribution is -2.18. The van der Waals surface area contributed by atoms with Crippen LogP contribution in [0, 0.1) is 0 Å². The number of aromatic nitrogens is 2. The molecule has 0 aliphatic carbocycles. The van der Waals surface area contributed by atoms with Crippen molar-refractivity contribution in [1.82, 2.24) is 10.2 Å². The van der Waals surface area contributed by atoms with E-state index in [-0.39, 0.29) is 11.4 Å². The minimum Gasteiger partial charge on any atom is -0.467 e. The van der Waals surface area contributed by atoms with E-state index < -0.39 is 17.6 Å². The number of anilines is 2. The molecular formula is C16H13F3N4O2S2. The van der Waals surface area contributed by atoms with Crippen LogP contribution in [0.3, 0.4) is 0 Å². The minimum atomic E-state index is -4.54. The van der Waals surface area contributed by atoms with Crippen molar-refractivity contribution in [2.24, 2.45) is 0 Å². The Morgan fingerprint density at radius 1 is 1.19 bits per heavy atom. The molecule has 1 aromatic carbocycles. The van der Waals surface area contributed by atoms with Crippen LogP contribution in [0.25, 0.3) is 0 Å². The van der Waals surface area contributed by atoms with Crippen molar-refractivity contribution in [3.05, 3.63) is 54.0 Å². The van der Waals surface area contributed by atoms with Crippen LogP contribution in [0.4, 0.5) is 24.0 Å². The highest BCUT2D eigenvalue weighted by Gasteiger charge is 2.33. The Morgan fingerprint density at radius 3 is 2.74 bits per heavy atom. The summed E-state index contributed by atoms with van der Waals surface area (Å²) in [5.41, 5.74) is -1.16. The van der Waals surface area contributed by atoms with Crippen molar-refractivity contribution < 1.29 is 22.4 Å². The van der Waals surface area contributed by atoms with Gasteiger partial charge < -0.3 is 15.1 Å².